The van der Waals surface area contributed by atoms with Crippen molar-refractivity contribution in [2.75, 3.05) is 0 Å². The molecule has 0 aromatic heterocycles. The second-order valence-electron chi connectivity index (χ2n) is 2.32. The van der Waals surface area contributed by atoms with E-state index in [0.717, 1.165) is 11.6 Å². The van der Waals surface area contributed by atoms with Gasteiger partial charge in [0.25, 0.3) is 0 Å². The molecule has 3 heteroatoms. The number of aldehydes is 1. The van der Waals surface area contributed by atoms with Crippen molar-refractivity contribution >= 4 is 12.3 Å². The van der Waals surface area contributed by atoms with Gasteiger partial charge in [0.1, 0.15) is 6.29 Å². The van der Waals surface area contributed by atoms with Crippen molar-refractivity contribution in [3.8, 4) is 0 Å². The van der Waals surface area contributed by atoms with Crippen molar-refractivity contribution in [2.45, 2.75) is 13.8 Å². The third-order valence-corrected chi connectivity index (χ3v) is 0.882. The van der Waals surface area contributed by atoms with Crippen LogP contribution in [0.5, 0.6) is 0 Å². The lowest BCUT2D eigenvalue weighted by Crippen LogP contribution is -1.91. The molecule has 0 aromatic rings. The van der Waals surface area contributed by atoms with Gasteiger partial charge in [0.15, 0.2) is 0 Å². The first-order chi connectivity index (χ1) is 5.06. The highest BCUT2D eigenvalue weighted by Crippen LogP contribution is 1.98. The van der Waals surface area contributed by atoms with Crippen LogP contribution in [0, 0.1) is 0 Å². The zero-order chi connectivity index (χ0) is 8.85. The molecule has 0 aliphatic rings. The Morgan fingerprint density at radius 1 is 1.27 bits per heavy atom. The predicted molar refractivity (Wildman–Crippen MR) is 41.2 cm³/mol. The lowest BCUT2D eigenvalue weighted by molar-refractivity contribution is -0.131. The second kappa shape index (κ2) is 4.44. The van der Waals surface area contributed by atoms with Crippen LogP contribution in [0.3, 0.4) is 0 Å². The highest BCUT2D eigenvalue weighted by atomic mass is 16.4. The van der Waals surface area contributed by atoms with Crippen LogP contribution in [-0.2, 0) is 9.59 Å². The maximum Gasteiger partial charge on any atom is 0.329 e. The van der Waals surface area contributed by atoms with Crippen LogP contribution < -0.4 is 0 Å². The molecule has 0 atom stereocenters. The van der Waals surface area contributed by atoms with Gasteiger partial charge in [-0.25, -0.2) is 4.79 Å². The summed E-state index contributed by atoms with van der Waals surface area (Å²) in [6.07, 6.45) is 2.90. The van der Waals surface area contributed by atoms with Crippen LogP contribution in [0.2, 0.25) is 0 Å². The summed E-state index contributed by atoms with van der Waals surface area (Å²) < 4.78 is 0. The molecule has 0 saturated heterocycles. The van der Waals surface area contributed by atoms with Crippen molar-refractivity contribution in [3.63, 3.8) is 0 Å². The number of rotatable bonds is 3. The van der Waals surface area contributed by atoms with E-state index in [1.807, 2.05) is 0 Å². The Kier molecular flexibility index (Phi) is 3.88. The Bertz CT molecular complexity index is 219. The van der Waals surface area contributed by atoms with Gasteiger partial charge < -0.3 is 5.11 Å². The Hall–Kier alpha value is -1.38. The van der Waals surface area contributed by atoms with Crippen LogP contribution in [0.1, 0.15) is 13.8 Å². The average molecular weight is 154 g/mol. The molecule has 0 fully saturated rings. The van der Waals surface area contributed by atoms with Gasteiger partial charge in [-0.15, -0.1) is 0 Å². The summed E-state index contributed by atoms with van der Waals surface area (Å²) in [6.45, 7) is 3.58. The van der Waals surface area contributed by atoms with Crippen LogP contribution in [0.4, 0.5) is 0 Å². The van der Waals surface area contributed by atoms with E-state index in [0.29, 0.717) is 6.29 Å². The van der Waals surface area contributed by atoms with E-state index >= 15 is 0 Å². The Labute approximate surface area is 65.0 Å². The van der Waals surface area contributed by atoms with Gasteiger partial charge in [-0.1, -0.05) is 11.6 Å². The molecule has 0 amide bonds. The summed E-state index contributed by atoms with van der Waals surface area (Å²) >= 11 is 0. The van der Waals surface area contributed by atoms with E-state index in [4.69, 9.17) is 5.11 Å². The van der Waals surface area contributed by atoms with Gasteiger partial charge in [-0.2, -0.15) is 0 Å². The largest absolute Gasteiger partial charge is 0.478 e. The van der Waals surface area contributed by atoms with Gasteiger partial charge in [0.05, 0.1) is 0 Å². The monoisotopic (exact) mass is 154 g/mol. The van der Waals surface area contributed by atoms with Crippen molar-refractivity contribution < 1.29 is 14.7 Å². The number of allylic oxidation sites excluding steroid dienone is 3. The molecule has 0 rings (SSSR count). The molecule has 0 spiro atoms. The first-order valence-electron chi connectivity index (χ1n) is 3.11. The molecule has 0 aliphatic carbocycles. The van der Waals surface area contributed by atoms with Crippen LogP contribution >= 0.6 is 0 Å². The number of carboxylic acids is 1. The third kappa shape index (κ3) is 5.08. The Morgan fingerprint density at radius 3 is 2.09 bits per heavy atom. The van der Waals surface area contributed by atoms with E-state index in [-0.39, 0.29) is 5.57 Å². The summed E-state index contributed by atoms with van der Waals surface area (Å²) in [6, 6.07) is 0. The quantitative estimate of drug-likeness (QED) is 0.377. The zero-order valence-electron chi connectivity index (χ0n) is 6.50. The summed E-state index contributed by atoms with van der Waals surface area (Å²) in [5, 5.41) is 8.26. The van der Waals surface area contributed by atoms with E-state index in [9.17, 15) is 9.59 Å². The molecule has 3 nitrogen and oxygen atoms in total. The molecule has 0 bridgehead atoms. The molecule has 0 saturated carbocycles. The average Bonchev–Trinajstić information content (AvgIpc) is 1.84. The summed E-state index contributed by atoms with van der Waals surface area (Å²) in [5.74, 6) is -1.11. The van der Waals surface area contributed by atoms with Gasteiger partial charge in [0, 0.05) is 11.6 Å². The summed E-state index contributed by atoms with van der Waals surface area (Å²) in [5.41, 5.74) is 1.07. The highest BCUT2D eigenvalue weighted by molar-refractivity contribution is 5.90. The van der Waals surface area contributed by atoms with Crippen molar-refractivity contribution in [1.29, 1.82) is 0 Å². The molecule has 60 valence electrons. The Balaban J connectivity index is 4.54. The Morgan fingerprint density at radius 2 is 1.82 bits per heavy atom. The summed E-state index contributed by atoms with van der Waals surface area (Å²) in [7, 11) is 0. The normalized spacial score (nSPS) is 10.5. The molecule has 0 heterocycles. The lowest BCUT2D eigenvalue weighted by atomic mass is 10.2. The van der Waals surface area contributed by atoms with E-state index in [1.165, 1.54) is 6.08 Å². The van der Waals surface area contributed by atoms with Gasteiger partial charge in [-0.3, -0.25) is 4.79 Å². The van der Waals surface area contributed by atoms with Crippen LogP contribution in [-0.4, -0.2) is 17.4 Å². The number of aliphatic carboxylic acids is 1. The third-order valence-electron chi connectivity index (χ3n) is 0.882. The molecule has 0 radical (unpaired) electrons. The fourth-order valence-corrected chi connectivity index (χ4v) is 0.586. The maximum absolute atomic E-state index is 10.2. The van der Waals surface area contributed by atoms with Crippen molar-refractivity contribution in [1.82, 2.24) is 0 Å². The molecular weight excluding hydrogens is 144 g/mol. The number of hydrogen-bond donors (Lipinski definition) is 1. The fraction of sp³-hybridized carbons (Fsp3) is 0.250. The zero-order valence-corrected chi connectivity index (χ0v) is 6.50. The lowest BCUT2D eigenvalue weighted by Gasteiger charge is -1.89. The fourth-order valence-electron chi connectivity index (χ4n) is 0.586. The number of carboxylic acid groups (broad SMARTS) is 1. The predicted octanol–water partition coefficient (Wildman–Crippen LogP) is 1.16. The molecule has 11 heavy (non-hydrogen) atoms. The van der Waals surface area contributed by atoms with E-state index < -0.39 is 5.97 Å². The standard InChI is InChI=1S/C8H10O3/c1-6(2)3-7(5-9)4-8(10)11/h3-5H,1-2H3,(H,10,11)/b7-4-. The SMILES string of the molecule is CC(C)=C/C(C=O)=C/C(=O)O. The maximum atomic E-state index is 10.2. The van der Waals surface area contributed by atoms with E-state index in [2.05, 4.69) is 0 Å². The summed E-state index contributed by atoms with van der Waals surface area (Å²) in [4.78, 5) is 20.3. The minimum Gasteiger partial charge on any atom is -0.478 e. The topological polar surface area (TPSA) is 54.4 Å². The minimum absolute atomic E-state index is 0.178. The van der Waals surface area contributed by atoms with Crippen molar-refractivity contribution in [2.24, 2.45) is 0 Å². The van der Waals surface area contributed by atoms with Crippen LogP contribution in [0.25, 0.3) is 0 Å². The molecule has 1 N–H and O–H groups in total. The van der Waals surface area contributed by atoms with Crippen LogP contribution in [0.15, 0.2) is 23.3 Å². The number of carbonyl (C=O) groups is 2. The van der Waals surface area contributed by atoms with Crippen molar-refractivity contribution in [3.05, 3.63) is 23.3 Å². The molecular formula is C8H10O3. The van der Waals surface area contributed by atoms with Gasteiger partial charge in [0.2, 0.25) is 0 Å². The first kappa shape index (κ1) is 9.62. The molecule has 0 aliphatic heterocycles. The minimum atomic E-state index is -1.11. The molecule has 0 aromatic carbocycles. The van der Waals surface area contributed by atoms with Gasteiger partial charge in [-0.05, 0) is 13.8 Å². The second-order valence-corrected chi connectivity index (χ2v) is 2.32. The number of hydrogen-bond acceptors (Lipinski definition) is 2. The smallest absolute Gasteiger partial charge is 0.329 e. The van der Waals surface area contributed by atoms with E-state index in [1.54, 1.807) is 13.8 Å². The highest BCUT2D eigenvalue weighted by Gasteiger charge is 1.94. The molecule has 0 unspecified atom stereocenters. The van der Waals surface area contributed by atoms with Gasteiger partial charge >= 0.3 is 5.97 Å². The first-order valence-corrected chi connectivity index (χ1v) is 3.11. The number of carbonyl (C=O) groups excluding carboxylic acids is 1.